The van der Waals surface area contributed by atoms with E-state index in [2.05, 4.69) is 11.1 Å². The summed E-state index contributed by atoms with van der Waals surface area (Å²) in [5, 5.41) is 1.84. The van der Waals surface area contributed by atoms with E-state index in [1.54, 1.807) is 4.90 Å². The summed E-state index contributed by atoms with van der Waals surface area (Å²) in [7, 11) is 0. The van der Waals surface area contributed by atoms with Crippen molar-refractivity contribution in [3.05, 3.63) is 76.7 Å². The van der Waals surface area contributed by atoms with Crippen molar-refractivity contribution in [2.24, 2.45) is 0 Å². The maximum atomic E-state index is 13.0. The van der Waals surface area contributed by atoms with Crippen molar-refractivity contribution in [1.29, 1.82) is 0 Å². The van der Waals surface area contributed by atoms with E-state index >= 15 is 0 Å². The SMILES string of the molecule is O=C(c1ccc(F)cc1)N1CC=C(c2c[nH]c3cc(Cl)ccc23)CC1. The van der Waals surface area contributed by atoms with Gasteiger partial charge in [0, 0.05) is 46.3 Å². The van der Waals surface area contributed by atoms with Crippen molar-refractivity contribution in [1.82, 2.24) is 9.88 Å². The molecule has 1 aromatic heterocycles. The predicted octanol–water partition coefficient (Wildman–Crippen LogP) is 4.89. The Hall–Kier alpha value is -2.59. The molecule has 0 radical (unpaired) electrons. The van der Waals surface area contributed by atoms with Gasteiger partial charge in [-0.1, -0.05) is 23.7 Å². The third-order valence-electron chi connectivity index (χ3n) is 4.58. The fourth-order valence-corrected chi connectivity index (χ4v) is 3.41. The van der Waals surface area contributed by atoms with Crippen LogP contribution in [0.3, 0.4) is 0 Å². The maximum Gasteiger partial charge on any atom is 0.254 e. The zero-order valence-corrected chi connectivity index (χ0v) is 14.2. The highest BCUT2D eigenvalue weighted by Gasteiger charge is 2.20. The molecule has 126 valence electrons. The molecule has 0 saturated carbocycles. The average molecular weight is 355 g/mol. The van der Waals surface area contributed by atoms with Crippen LogP contribution in [0, 0.1) is 5.82 Å². The highest BCUT2D eigenvalue weighted by atomic mass is 35.5. The van der Waals surface area contributed by atoms with Crippen LogP contribution >= 0.6 is 11.6 Å². The lowest BCUT2D eigenvalue weighted by atomic mass is 9.98. The molecule has 0 saturated heterocycles. The maximum absolute atomic E-state index is 13.0. The molecule has 0 unspecified atom stereocenters. The number of rotatable bonds is 2. The van der Waals surface area contributed by atoms with Crippen LogP contribution in [0.1, 0.15) is 22.3 Å². The van der Waals surface area contributed by atoms with Crippen LogP contribution in [0.4, 0.5) is 4.39 Å². The molecule has 5 heteroatoms. The zero-order chi connectivity index (χ0) is 17.4. The van der Waals surface area contributed by atoms with E-state index in [0.29, 0.717) is 23.7 Å². The molecule has 0 atom stereocenters. The Balaban J connectivity index is 1.55. The number of carbonyl (C=O) groups excluding carboxylic acids is 1. The number of halogens is 2. The number of aromatic nitrogens is 1. The number of amides is 1. The number of nitrogens with zero attached hydrogens (tertiary/aromatic N) is 1. The Kier molecular flexibility index (Phi) is 4.06. The van der Waals surface area contributed by atoms with Crippen LogP contribution < -0.4 is 0 Å². The Bertz CT molecular complexity index is 975. The van der Waals surface area contributed by atoms with Crippen LogP contribution in [0.25, 0.3) is 16.5 Å². The zero-order valence-electron chi connectivity index (χ0n) is 13.4. The van der Waals surface area contributed by atoms with Gasteiger partial charge in [0.1, 0.15) is 5.82 Å². The minimum atomic E-state index is -0.336. The summed E-state index contributed by atoms with van der Waals surface area (Å²) in [6.45, 7) is 1.19. The second-order valence-corrected chi connectivity index (χ2v) is 6.57. The standard InChI is InChI=1S/C20H16ClFN2O/c21-15-3-6-17-18(12-23-19(17)11-15)13-7-9-24(10-8-13)20(25)14-1-4-16(22)5-2-14/h1-7,11-12,23H,8-10H2. The van der Waals surface area contributed by atoms with Gasteiger partial charge < -0.3 is 9.88 Å². The number of aromatic amines is 1. The fourth-order valence-electron chi connectivity index (χ4n) is 3.24. The summed E-state index contributed by atoms with van der Waals surface area (Å²) >= 11 is 6.03. The van der Waals surface area contributed by atoms with Gasteiger partial charge in [0.2, 0.25) is 0 Å². The predicted molar refractivity (Wildman–Crippen MR) is 98.2 cm³/mol. The van der Waals surface area contributed by atoms with Crippen LogP contribution in [-0.2, 0) is 0 Å². The van der Waals surface area contributed by atoms with E-state index in [1.807, 2.05) is 24.4 Å². The van der Waals surface area contributed by atoms with Gasteiger partial charge in [-0.15, -0.1) is 0 Å². The van der Waals surface area contributed by atoms with Crippen molar-refractivity contribution in [3.8, 4) is 0 Å². The third kappa shape index (κ3) is 3.05. The molecular weight excluding hydrogens is 339 g/mol. The van der Waals surface area contributed by atoms with E-state index in [0.717, 1.165) is 22.9 Å². The van der Waals surface area contributed by atoms with E-state index in [-0.39, 0.29) is 11.7 Å². The topological polar surface area (TPSA) is 36.1 Å². The summed E-state index contributed by atoms with van der Waals surface area (Å²) in [4.78, 5) is 17.5. The molecule has 0 spiro atoms. The first-order chi connectivity index (χ1) is 12.1. The number of hydrogen-bond acceptors (Lipinski definition) is 1. The van der Waals surface area contributed by atoms with Crippen LogP contribution in [0.5, 0.6) is 0 Å². The quantitative estimate of drug-likeness (QED) is 0.698. The van der Waals surface area contributed by atoms with Gasteiger partial charge in [-0.2, -0.15) is 0 Å². The second kappa shape index (κ2) is 6.37. The van der Waals surface area contributed by atoms with Gasteiger partial charge >= 0.3 is 0 Å². The molecule has 0 aliphatic carbocycles. The largest absolute Gasteiger partial charge is 0.361 e. The monoisotopic (exact) mass is 354 g/mol. The van der Waals surface area contributed by atoms with Gasteiger partial charge in [-0.25, -0.2) is 4.39 Å². The molecule has 1 amide bonds. The molecule has 2 heterocycles. The van der Waals surface area contributed by atoms with Crippen molar-refractivity contribution < 1.29 is 9.18 Å². The smallest absolute Gasteiger partial charge is 0.254 e. The molecule has 25 heavy (non-hydrogen) atoms. The number of benzene rings is 2. The molecule has 1 N–H and O–H groups in total. The summed E-state index contributed by atoms with van der Waals surface area (Å²) in [5.41, 5.74) is 3.89. The summed E-state index contributed by atoms with van der Waals surface area (Å²) in [6.07, 6.45) is 4.86. The van der Waals surface area contributed by atoms with E-state index in [9.17, 15) is 9.18 Å². The van der Waals surface area contributed by atoms with Crippen LogP contribution in [-0.4, -0.2) is 28.9 Å². The van der Waals surface area contributed by atoms with Crippen LogP contribution in [0.15, 0.2) is 54.7 Å². The Morgan fingerprint density at radius 3 is 2.68 bits per heavy atom. The molecule has 0 bridgehead atoms. The summed E-state index contributed by atoms with van der Waals surface area (Å²) in [5.74, 6) is -0.405. The molecule has 2 aromatic carbocycles. The number of fused-ring (bicyclic) bond motifs is 1. The lowest BCUT2D eigenvalue weighted by molar-refractivity contribution is 0.0773. The molecular formula is C20H16ClFN2O. The summed E-state index contributed by atoms with van der Waals surface area (Å²) in [6, 6.07) is 11.5. The minimum Gasteiger partial charge on any atom is -0.361 e. The van der Waals surface area contributed by atoms with E-state index < -0.39 is 0 Å². The molecule has 4 rings (SSSR count). The van der Waals surface area contributed by atoms with Gasteiger partial charge in [0.05, 0.1) is 0 Å². The molecule has 1 aliphatic rings. The molecule has 0 fully saturated rings. The first-order valence-electron chi connectivity index (χ1n) is 8.13. The molecule has 3 aromatic rings. The van der Waals surface area contributed by atoms with Gasteiger partial charge in [0.25, 0.3) is 5.91 Å². The number of carbonyl (C=O) groups is 1. The third-order valence-corrected chi connectivity index (χ3v) is 4.81. The highest BCUT2D eigenvalue weighted by molar-refractivity contribution is 6.31. The van der Waals surface area contributed by atoms with Crippen molar-refractivity contribution in [2.75, 3.05) is 13.1 Å². The first kappa shape index (κ1) is 15.9. The van der Waals surface area contributed by atoms with Gasteiger partial charge in [-0.05, 0) is 48.4 Å². The molecule has 3 nitrogen and oxygen atoms in total. The second-order valence-electron chi connectivity index (χ2n) is 6.13. The van der Waals surface area contributed by atoms with Gasteiger partial charge in [0.15, 0.2) is 0 Å². The Morgan fingerprint density at radius 1 is 1.16 bits per heavy atom. The Labute approximate surface area is 149 Å². The lowest BCUT2D eigenvalue weighted by Gasteiger charge is -2.26. The normalized spacial score (nSPS) is 14.6. The number of hydrogen-bond donors (Lipinski definition) is 1. The van der Waals surface area contributed by atoms with Crippen molar-refractivity contribution in [2.45, 2.75) is 6.42 Å². The first-order valence-corrected chi connectivity index (χ1v) is 8.50. The number of H-pyrrole nitrogens is 1. The van der Waals surface area contributed by atoms with E-state index in [1.165, 1.54) is 29.8 Å². The van der Waals surface area contributed by atoms with Gasteiger partial charge in [-0.3, -0.25) is 4.79 Å². The number of nitrogens with one attached hydrogen (secondary N) is 1. The fraction of sp³-hybridized carbons (Fsp3) is 0.150. The minimum absolute atomic E-state index is 0.0685. The van der Waals surface area contributed by atoms with Crippen molar-refractivity contribution in [3.63, 3.8) is 0 Å². The van der Waals surface area contributed by atoms with Crippen LogP contribution in [0.2, 0.25) is 5.02 Å². The summed E-state index contributed by atoms with van der Waals surface area (Å²) < 4.78 is 13.0. The van der Waals surface area contributed by atoms with E-state index in [4.69, 9.17) is 11.6 Å². The Morgan fingerprint density at radius 2 is 1.96 bits per heavy atom. The average Bonchev–Trinajstić information content (AvgIpc) is 3.05. The van der Waals surface area contributed by atoms with Crippen molar-refractivity contribution >= 4 is 34.0 Å². The molecule has 1 aliphatic heterocycles. The lowest BCUT2D eigenvalue weighted by Crippen LogP contribution is -2.34. The highest BCUT2D eigenvalue weighted by Crippen LogP contribution is 2.30.